The predicted octanol–water partition coefficient (Wildman–Crippen LogP) is 5.36. The lowest BCUT2D eigenvalue weighted by atomic mass is 10.0. The minimum absolute atomic E-state index is 0.0163. The van der Waals surface area contributed by atoms with Crippen LogP contribution in [0, 0.1) is 0 Å². The summed E-state index contributed by atoms with van der Waals surface area (Å²) in [5.74, 6) is -1.64. The number of aryl methyl sites for hydroxylation is 1. The highest BCUT2D eigenvalue weighted by Crippen LogP contribution is 2.27. The van der Waals surface area contributed by atoms with Gasteiger partial charge in [-0.15, -0.1) is 0 Å². The number of hydrogen-bond donors (Lipinski definition) is 4. The number of halogens is 2. The maximum absolute atomic E-state index is 14.4. The van der Waals surface area contributed by atoms with Crippen molar-refractivity contribution in [2.45, 2.75) is 56.5 Å². The average Bonchev–Trinajstić information content (AvgIpc) is 3.81. The first-order valence-corrected chi connectivity index (χ1v) is 18.3. The third-order valence-corrected chi connectivity index (χ3v) is 9.92. The number of nitrogens with zero attached hydrogens (tertiary/aromatic N) is 3. The van der Waals surface area contributed by atoms with Gasteiger partial charge in [0.1, 0.15) is 17.6 Å². The predicted molar refractivity (Wildman–Crippen MR) is 209 cm³/mol. The van der Waals surface area contributed by atoms with Crippen LogP contribution < -0.4 is 22.1 Å². The Bertz CT molecular complexity index is 2090. The Balaban J connectivity index is 1.27. The fourth-order valence-corrected chi connectivity index (χ4v) is 6.87. The number of carbonyl (C=O) groups excluding carboxylic acids is 3. The maximum Gasteiger partial charge on any atom is 0.266 e. The number of para-hydroxylation sites is 2. The van der Waals surface area contributed by atoms with E-state index in [-0.39, 0.29) is 48.8 Å². The van der Waals surface area contributed by atoms with E-state index in [1.807, 2.05) is 42.5 Å². The zero-order valence-electron chi connectivity index (χ0n) is 29.6. The molecule has 1 saturated heterocycles. The molecule has 1 aliphatic rings. The number of amides is 2. The molecule has 0 spiro atoms. The van der Waals surface area contributed by atoms with Crippen LogP contribution in [0.4, 0.5) is 5.69 Å². The molecule has 1 aromatic heterocycles. The van der Waals surface area contributed by atoms with Gasteiger partial charge in [-0.25, -0.2) is 9.98 Å². The summed E-state index contributed by atoms with van der Waals surface area (Å²) in [6, 6.07) is 26.4. The highest BCUT2D eigenvalue weighted by atomic mass is 35.5. The minimum atomic E-state index is -1.17. The molecule has 4 aromatic carbocycles. The van der Waals surface area contributed by atoms with Crippen LogP contribution in [-0.2, 0) is 33.8 Å². The van der Waals surface area contributed by atoms with Crippen LogP contribution in [0.2, 0.25) is 10.0 Å². The molecule has 4 atom stereocenters. The van der Waals surface area contributed by atoms with Gasteiger partial charge in [-0.2, -0.15) is 0 Å². The number of ether oxygens (including phenoxy) is 1. The van der Waals surface area contributed by atoms with E-state index in [0.29, 0.717) is 40.2 Å². The van der Waals surface area contributed by atoms with Gasteiger partial charge in [-0.3, -0.25) is 14.4 Å². The van der Waals surface area contributed by atoms with Crippen molar-refractivity contribution < 1.29 is 23.5 Å². The molecular formula is C40H41Cl2N7O5. The minimum Gasteiger partial charge on any atom is -0.434 e. The fourth-order valence-electron chi connectivity index (χ4n) is 6.50. The number of hydrogen-bond acceptors (Lipinski definition) is 8. The van der Waals surface area contributed by atoms with Crippen LogP contribution in [0.3, 0.4) is 0 Å². The monoisotopic (exact) mass is 769 g/mol. The van der Waals surface area contributed by atoms with Crippen LogP contribution in [0.1, 0.15) is 40.2 Å². The van der Waals surface area contributed by atoms with Gasteiger partial charge >= 0.3 is 0 Å². The van der Waals surface area contributed by atoms with Crippen LogP contribution in [0.15, 0.2) is 106 Å². The number of aromatic nitrogens is 1. The Morgan fingerprint density at radius 2 is 1.70 bits per heavy atom. The largest absolute Gasteiger partial charge is 0.434 e. The number of likely N-dealkylation sites (tertiary alicyclic amines) is 1. The number of nitrogens with one attached hydrogen (secondary N) is 2. The molecule has 0 aliphatic carbocycles. The number of carbonyl (C=O) groups is 3. The second kappa shape index (κ2) is 17.7. The maximum atomic E-state index is 14.4. The Kier molecular flexibility index (Phi) is 12.6. The van der Waals surface area contributed by atoms with E-state index in [9.17, 15) is 14.4 Å². The lowest BCUT2D eigenvalue weighted by Crippen LogP contribution is -2.54. The quantitative estimate of drug-likeness (QED) is 0.0620. The lowest BCUT2D eigenvalue weighted by molar-refractivity contribution is -0.140. The van der Waals surface area contributed by atoms with Crippen molar-refractivity contribution in [2.75, 3.05) is 13.6 Å². The number of guanidine groups is 1. The van der Waals surface area contributed by atoms with Crippen LogP contribution in [0.5, 0.6) is 0 Å². The number of aliphatic imine (C=N–C) groups is 1. The zero-order chi connectivity index (χ0) is 38.2. The Morgan fingerprint density at radius 3 is 2.41 bits per heavy atom. The summed E-state index contributed by atoms with van der Waals surface area (Å²) in [5, 5.41) is 6.96. The van der Waals surface area contributed by atoms with Gasteiger partial charge in [0.05, 0.1) is 24.4 Å². The molecule has 5 aromatic rings. The molecule has 0 saturated carbocycles. The Labute approximate surface area is 322 Å². The van der Waals surface area contributed by atoms with Crippen molar-refractivity contribution in [3.05, 3.63) is 130 Å². The van der Waals surface area contributed by atoms with E-state index in [1.165, 1.54) is 0 Å². The van der Waals surface area contributed by atoms with E-state index in [2.05, 4.69) is 20.6 Å². The van der Waals surface area contributed by atoms with Crippen LogP contribution in [0.25, 0.3) is 11.1 Å². The highest BCUT2D eigenvalue weighted by molar-refractivity contribution is 6.31. The number of benzene rings is 4. The summed E-state index contributed by atoms with van der Waals surface area (Å²) in [6.07, 6.45) is 0.891. The zero-order valence-corrected chi connectivity index (χ0v) is 31.1. The van der Waals surface area contributed by atoms with Crippen LogP contribution >= 0.6 is 23.2 Å². The van der Waals surface area contributed by atoms with Crippen LogP contribution in [-0.4, -0.2) is 71.3 Å². The van der Waals surface area contributed by atoms with Crippen molar-refractivity contribution >= 4 is 63.5 Å². The van der Waals surface area contributed by atoms with E-state index in [4.69, 9.17) is 43.8 Å². The van der Waals surface area contributed by atoms with Gasteiger partial charge in [0.25, 0.3) is 5.89 Å². The second-order valence-corrected chi connectivity index (χ2v) is 13.9. The first-order valence-electron chi connectivity index (χ1n) is 17.5. The molecule has 6 rings (SSSR count). The topological polar surface area (TPSA) is 178 Å². The molecule has 280 valence electrons. The summed E-state index contributed by atoms with van der Waals surface area (Å²) in [7, 11) is 1.73. The second-order valence-electron chi connectivity index (χ2n) is 13.1. The Morgan fingerprint density at radius 1 is 0.963 bits per heavy atom. The van der Waals surface area contributed by atoms with E-state index in [1.54, 1.807) is 66.5 Å². The summed E-state index contributed by atoms with van der Waals surface area (Å²) in [6.45, 7) is 0.435. The van der Waals surface area contributed by atoms with Crippen molar-refractivity contribution in [3.63, 3.8) is 0 Å². The number of oxazole rings is 1. The molecule has 14 heteroatoms. The van der Waals surface area contributed by atoms with Gasteiger partial charge < -0.3 is 36.2 Å². The molecule has 1 fully saturated rings. The Hall–Kier alpha value is -5.27. The third kappa shape index (κ3) is 9.63. The van der Waals surface area contributed by atoms with Gasteiger partial charge in [0.2, 0.25) is 17.6 Å². The normalized spacial score (nSPS) is 16.5. The molecule has 2 amide bonds. The van der Waals surface area contributed by atoms with Crippen molar-refractivity contribution in [2.24, 2.45) is 16.5 Å². The number of rotatable bonds is 15. The fraction of sp³-hybridized carbons (Fsp3) is 0.275. The number of fused-ring (bicyclic) bond motifs is 1. The first kappa shape index (κ1) is 38.5. The molecule has 2 heterocycles. The van der Waals surface area contributed by atoms with Gasteiger partial charge in [0.15, 0.2) is 11.5 Å². The van der Waals surface area contributed by atoms with E-state index in [0.717, 1.165) is 11.1 Å². The molecule has 1 aliphatic heterocycles. The average molecular weight is 771 g/mol. The summed E-state index contributed by atoms with van der Waals surface area (Å²) >= 11 is 12.7. The number of ketones is 1. The van der Waals surface area contributed by atoms with Crippen molar-refractivity contribution in [3.8, 4) is 0 Å². The molecule has 54 heavy (non-hydrogen) atoms. The third-order valence-electron chi connectivity index (χ3n) is 9.31. The highest BCUT2D eigenvalue weighted by Gasteiger charge is 2.43. The summed E-state index contributed by atoms with van der Waals surface area (Å²) in [4.78, 5) is 52.7. The molecule has 0 radical (unpaired) electrons. The summed E-state index contributed by atoms with van der Waals surface area (Å²) < 4.78 is 12.1. The number of Topliss-reactive ketones (excluding diaryl/α,β-unsaturated/α-hetero) is 1. The van der Waals surface area contributed by atoms with Crippen molar-refractivity contribution in [1.82, 2.24) is 20.5 Å². The van der Waals surface area contributed by atoms with E-state index < -0.39 is 35.9 Å². The van der Waals surface area contributed by atoms with Gasteiger partial charge in [0, 0.05) is 29.4 Å². The number of nitrogens with two attached hydrogens (primary N) is 2. The molecule has 12 nitrogen and oxygen atoms in total. The number of likely N-dealkylation sites (N-methyl/N-ethyl adjacent to an activating group) is 1. The first-order chi connectivity index (χ1) is 26.1. The molecule has 6 N–H and O–H groups in total. The van der Waals surface area contributed by atoms with E-state index >= 15 is 0 Å². The molecule has 0 unspecified atom stereocenters. The summed E-state index contributed by atoms with van der Waals surface area (Å²) in [5.41, 5.74) is 15.0. The molecule has 0 bridgehead atoms. The molecular weight excluding hydrogens is 729 g/mol. The lowest BCUT2D eigenvalue weighted by Gasteiger charge is -2.29. The van der Waals surface area contributed by atoms with Gasteiger partial charge in [-0.05, 0) is 73.0 Å². The smallest absolute Gasteiger partial charge is 0.266 e. The van der Waals surface area contributed by atoms with Gasteiger partial charge in [-0.1, -0.05) is 83.9 Å². The van der Waals surface area contributed by atoms with Crippen molar-refractivity contribution in [1.29, 1.82) is 0 Å². The standard InChI is InChI=1S/C40H41Cl2N7O5/c1-45-32(18-13-24-7-3-2-4-8-24)39(52)49-22-29(53-23-25-11-15-27(41)16-12-25)21-34(49)37(51)47-33(19-26-14-17-28(20-30(26)42)46-40(43)44)36(50)38-48-31-9-5-6-10-35(31)54-38/h2-12,14-17,20,29,32-34,45H,13,18-19,21-23H2,1H3,(H,47,51)(H4,43,44,46)/t29-,32-,33+,34+/m1/s1. The SMILES string of the molecule is CN[C@H](CCc1ccccc1)C(=O)N1C[C@H](OCc2ccc(Cl)cc2)C[C@H]1C(=O)N[C@@H](Cc1ccc(N=C(N)N)cc1Cl)C(=O)c1nc2ccccc2o1.